The second kappa shape index (κ2) is 6.33. The van der Waals surface area contributed by atoms with E-state index in [1.807, 2.05) is 43.1 Å². The molecule has 0 unspecified atom stereocenters. The molecule has 0 radical (unpaired) electrons. The number of hydrogen-bond donors (Lipinski definition) is 0. The molecule has 0 N–H and O–H groups in total. The highest BCUT2D eigenvalue weighted by Gasteiger charge is 2.10. The third kappa shape index (κ3) is 3.67. The zero-order valence-electron chi connectivity index (χ0n) is 11.8. The number of ketones is 1. The molecule has 0 amide bonds. The molecule has 2 aromatic rings. The molecule has 0 saturated heterocycles. The number of rotatable bonds is 5. The Morgan fingerprint density at radius 3 is 2.40 bits per heavy atom. The van der Waals surface area contributed by atoms with E-state index in [4.69, 9.17) is 0 Å². The minimum atomic E-state index is -0.321. The SMILES string of the molecule is Cc1ccc(N(C)CC(=O)Cc2ccccc2F)cc1. The lowest BCUT2D eigenvalue weighted by Gasteiger charge is -2.18. The molecule has 0 aliphatic rings. The molecule has 0 aliphatic heterocycles. The number of carbonyl (C=O) groups excluding carboxylic acids is 1. The summed E-state index contributed by atoms with van der Waals surface area (Å²) in [5.74, 6) is -0.322. The van der Waals surface area contributed by atoms with Gasteiger partial charge >= 0.3 is 0 Å². The standard InChI is InChI=1S/C17H18FNO/c1-13-7-9-15(10-8-13)19(2)12-16(20)11-14-5-3-4-6-17(14)18/h3-10H,11-12H2,1-2H3. The van der Waals surface area contributed by atoms with Crippen LogP contribution in [0.4, 0.5) is 10.1 Å². The van der Waals surface area contributed by atoms with Crippen LogP contribution in [0.2, 0.25) is 0 Å². The average Bonchev–Trinajstić information content (AvgIpc) is 2.42. The molecule has 0 heterocycles. The molecule has 0 saturated carbocycles. The van der Waals surface area contributed by atoms with Crippen molar-refractivity contribution in [3.63, 3.8) is 0 Å². The van der Waals surface area contributed by atoms with Crippen molar-refractivity contribution in [2.24, 2.45) is 0 Å². The number of anilines is 1. The highest BCUT2D eigenvalue weighted by molar-refractivity contribution is 5.85. The van der Waals surface area contributed by atoms with Crippen molar-refractivity contribution >= 4 is 11.5 Å². The maximum atomic E-state index is 13.5. The van der Waals surface area contributed by atoms with E-state index in [1.54, 1.807) is 18.2 Å². The number of nitrogens with zero attached hydrogens (tertiary/aromatic N) is 1. The Bertz CT molecular complexity index is 592. The van der Waals surface area contributed by atoms with E-state index in [9.17, 15) is 9.18 Å². The van der Waals surface area contributed by atoms with Gasteiger partial charge < -0.3 is 4.90 Å². The quantitative estimate of drug-likeness (QED) is 0.831. The van der Waals surface area contributed by atoms with Gasteiger partial charge in [0.1, 0.15) is 5.82 Å². The summed E-state index contributed by atoms with van der Waals surface area (Å²) in [5.41, 5.74) is 2.62. The van der Waals surface area contributed by atoms with Crippen LogP contribution < -0.4 is 4.90 Å². The Balaban J connectivity index is 1.98. The van der Waals surface area contributed by atoms with Crippen LogP contribution in [-0.2, 0) is 11.2 Å². The zero-order valence-corrected chi connectivity index (χ0v) is 11.8. The van der Waals surface area contributed by atoms with Crippen LogP contribution in [0.25, 0.3) is 0 Å². The van der Waals surface area contributed by atoms with E-state index in [0.29, 0.717) is 5.56 Å². The van der Waals surface area contributed by atoms with Crippen molar-refractivity contribution in [2.75, 3.05) is 18.5 Å². The van der Waals surface area contributed by atoms with Crippen LogP contribution in [0.3, 0.4) is 0 Å². The molecule has 0 bridgehead atoms. The molecule has 3 heteroatoms. The minimum Gasteiger partial charge on any atom is -0.367 e. The fourth-order valence-electron chi connectivity index (χ4n) is 2.07. The summed E-state index contributed by atoms with van der Waals surface area (Å²) in [5, 5.41) is 0. The molecule has 104 valence electrons. The van der Waals surface area contributed by atoms with Gasteiger partial charge in [0.05, 0.1) is 6.54 Å². The molecule has 20 heavy (non-hydrogen) atoms. The van der Waals surface area contributed by atoms with Crippen LogP contribution in [0, 0.1) is 12.7 Å². The van der Waals surface area contributed by atoms with Gasteiger partial charge in [0.15, 0.2) is 5.78 Å². The first kappa shape index (κ1) is 14.3. The van der Waals surface area contributed by atoms with Gasteiger partial charge in [0.25, 0.3) is 0 Å². The van der Waals surface area contributed by atoms with Crippen LogP contribution in [0.5, 0.6) is 0 Å². The molecule has 2 rings (SSSR count). The van der Waals surface area contributed by atoms with Gasteiger partial charge in [-0.05, 0) is 30.7 Å². The van der Waals surface area contributed by atoms with Crippen LogP contribution in [-0.4, -0.2) is 19.4 Å². The first-order valence-corrected chi connectivity index (χ1v) is 6.59. The van der Waals surface area contributed by atoms with Crippen molar-refractivity contribution < 1.29 is 9.18 Å². The average molecular weight is 271 g/mol. The first-order valence-electron chi connectivity index (χ1n) is 6.59. The Morgan fingerprint density at radius 2 is 1.75 bits per heavy atom. The van der Waals surface area contributed by atoms with Crippen molar-refractivity contribution in [1.82, 2.24) is 0 Å². The Labute approximate surface area is 118 Å². The highest BCUT2D eigenvalue weighted by Crippen LogP contribution is 2.14. The van der Waals surface area contributed by atoms with Gasteiger partial charge in [0, 0.05) is 19.2 Å². The van der Waals surface area contributed by atoms with Gasteiger partial charge in [-0.3, -0.25) is 4.79 Å². The van der Waals surface area contributed by atoms with Crippen LogP contribution >= 0.6 is 0 Å². The Morgan fingerprint density at radius 1 is 1.10 bits per heavy atom. The lowest BCUT2D eigenvalue weighted by Crippen LogP contribution is -2.26. The predicted molar refractivity (Wildman–Crippen MR) is 79.6 cm³/mol. The normalized spacial score (nSPS) is 10.3. The first-order chi connectivity index (χ1) is 9.56. The number of aryl methyl sites for hydroxylation is 1. The van der Waals surface area contributed by atoms with Crippen LogP contribution in [0.1, 0.15) is 11.1 Å². The number of likely N-dealkylation sites (N-methyl/N-ethyl adjacent to an activating group) is 1. The largest absolute Gasteiger partial charge is 0.367 e. The summed E-state index contributed by atoms with van der Waals surface area (Å²) in [4.78, 5) is 13.9. The summed E-state index contributed by atoms with van der Waals surface area (Å²) in [7, 11) is 1.86. The van der Waals surface area contributed by atoms with E-state index in [2.05, 4.69) is 0 Å². The molecule has 2 aromatic carbocycles. The topological polar surface area (TPSA) is 20.3 Å². The van der Waals surface area contributed by atoms with Gasteiger partial charge in [0.2, 0.25) is 0 Å². The van der Waals surface area contributed by atoms with Crippen molar-refractivity contribution in [3.05, 3.63) is 65.5 Å². The number of benzene rings is 2. The molecule has 0 fully saturated rings. The van der Waals surface area contributed by atoms with E-state index >= 15 is 0 Å². The number of halogens is 1. The van der Waals surface area contributed by atoms with E-state index in [0.717, 1.165) is 5.69 Å². The molecule has 0 atom stereocenters. The maximum Gasteiger partial charge on any atom is 0.156 e. The molecule has 0 aromatic heterocycles. The van der Waals surface area contributed by atoms with E-state index in [1.165, 1.54) is 11.6 Å². The lowest BCUT2D eigenvalue weighted by molar-refractivity contribution is -0.117. The third-order valence-corrected chi connectivity index (χ3v) is 3.23. The van der Waals surface area contributed by atoms with Gasteiger partial charge in [-0.2, -0.15) is 0 Å². The van der Waals surface area contributed by atoms with Crippen molar-refractivity contribution in [3.8, 4) is 0 Å². The van der Waals surface area contributed by atoms with E-state index < -0.39 is 0 Å². The summed E-state index contributed by atoms with van der Waals surface area (Å²) in [6, 6.07) is 14.4. The zero-order chi connectivity index (χ0) is 14.5. The smallest absolute Gasteiger partial charge is 0.156 e. The van der Waals surface area contributed by atoms with Crippen molar-refractivity contribution in [2.45, 2.75) is 13.3 Å². The van der Waals surface area contributed by atoms with Crippen molar-refractivity contribution in [1.29, 1.82) is 0 Å². The summed E-state index contributed by atoms with van der Waals surface area (Å²) in [6.45, 7) is 2.30. The summed E-state index contributed by atoms with van der Waals surface area (Å²) < 4.78 is 13.5. The van der Waals surface area contributed by atoms with E-state index in [-0.39, 0.29) is 24.6 Å². The van der Waals surface area contributed by atoms with Gasteiger partial charge in [-0.1, -0.05) is 35.9 Å². The molecule has 2 nitrogen and oxygen atoms in total. The van der Waals surface area contributed by atoms with Crippen LogP contribution in [0.15, 0.2) is 48.5 Å². The Hall–Kier alpha value is -2.16. The van der Waals surface area contributed by atoms with Gasteiger partial charge in [-0.15, -0.1) is 0 Å². The third-order valence-electron chi connectivity index (χ3n) is 3.23. The summed E-state index contributed by atoms with van der Waals surface area (Å²) in [6.07, 6.45) is 0.128. The molecular weight excluding hydrogens is 253 g/mol. The maximum absolute atomic E-state index is 13.5. The molecular formula is C17H18FNO. The predicted octanol–water partition coefficient (Wildman–Crippen LogP) is 3.38. The monoisotopic (exact) mass is 271 g/mol. The fraction of sp³-hybridized carbons (Fsp3) is 0.235. The molecule has 0 spiro atoms. The highest BCUT2D eigenvalue weighted by atomic mass is 19.1. The number of hydrogen-bond acceptors (Lipinski definition) is 2. The number of carbonyl (C=O) groups is 1. The summed E-state index contributed by atoms with van der Waals surface area (Å²) >= 11 is 0. The molecule has 0 aliphatic carbocycles. The minimum absolute atomic E-state index is 0.00169. The second-order valence-corrected chi connectivity index (χ2v) is 5.00. The lowest BCUT2D eigenvalue weighted by atomic mass is 10.1. The number of Topliss-reactive ketones (excluding diaryl/α,β-unsaturated/α-hetero) is 1. The fourth-order valence-corrected chi connectivity index (χ4v) is 2.07. The second-order valence-electron chi connectivity index (χ2n) is 5.00. The Kier molecular flexibility index (Phi) is 4.51. The van der Waals surface area contributed by atoms with Gasteiger partial charge in [-0.25, -0.2) is 4.39 Å².